The van der Waals surface area contributed by atoms with Crippen molar-refractivity contribution in [3.63, 3.8) is 0 Å². The van der Waals surface area contributed by atoms with Gasteiger partial charge in [-0.25, -0.2) is 0 Å². The van der Waals surface area contributed by atoms with Gasteiger partial charge in [-0.1, -0.05) is 0 Å². The fourth-order valence-electron chi connectivity index (χ4n) is 1.55. The van der Waals surface area contributed by atoms with Crippen LogP contribution >= 0.6 is 0 Å². The number of hydrogen-bond donors (Lipinski definition) is 0. The van der Waals surface area contributed by atoms with E-state index in [1.54, 1.807) is 0 Å². The van der Waals surface area contributed by atoms with Gasteiger partial charge in [0.25, 0.3) is 0 Å². The van der Waals surface area contributed by atoms with Gasteiger partial charge in [-0.15, -0.1) is 0 Å². The Bertz CT molecular complexity index is 274. The molecule has 2 nitrogen and oxygen atoms in total. The Kier molecular flexibility index (Phi) is 4.07. The van der Waals surface area contributed by atoms with Crippen LogP contribution in [0.1, 0.15) is 12.8 Å². The average Bonchev–Trinajstić information content (AvgIpc) is 2.03. The average molecular weight is 256 g/mol. The summed E-state index contributed by atoms with van der Waals surface area (Å²) < 4.78 is 11.9. The zero-order valence-electron chi connectivity index (χ0n) is 11.4. The lowest BCUT2D eigenvalue weighted by atomic mass is 10.1. The van der Waals surface area contributed by atoms with Gasteiger partial charge in [-0.3, -0.25) is 0 Å². The molecular formula is C12H24O2Si2. The smallest absolute Gasteiger partial charge is 0.241 e. The molecule has 0 N–H and O–H groups in total. The van der Waals surface area contributed by atoms with Crippen LogP contribution in [0, 0.1) is 0 Å². The summed E-state index contributed by atoms with van der Waals surface area (Å²) in [6, 6.07) is 0. The monoisotopic (exact) mass is 256 g/mol. The van der Waals surface area contributed by atoms with Crippen molar-refractivity contribution < 1.29 is 8.85 Å². The first kappa shape index (κ1) is 13.6. The normalized spacial score (nSPS) is 17.6. The summed E-state index contributed by atoms with van der Waals surface area (Å²) in [5, 5.41) is 0. The van der Waals surface area contributed by atoms with Gasteiger partial charge in [0.15, 0.2) is 0 Å². The quantitative estimate of drug-likeness (QED) is 0.700. The van der Waals surface area contributed by atoms with Crippen molar-refractivity contribution in [3.05, 3.63) is 23.7 Å². The minimum Gasteiger partial charge on any atom is -0.547 e. The Morgan fingerprint density at radius 3 is 1.25 bits per heavy atom. The first-order chi connectivity index (χ1) is 7.16. The Hall–Kier alpha value is -0.486. The topological polar surface area (TPSA) is 18.5 Å². The Labute approximate surface area is 102 Å². The molecule has 0 bridgehead atoms. The highest BCUT2D eigenvalue weighted by Gasteiger charge is 2.21. The van der Waals surface area contributed by atoms with Crippen LogP contribution < -0.4 is 0 Å². The van der Waals surface area contributed by atoms with Crippen LogP contribution in [-0.2, 0) is 8.85 Å². The van der Waals surface area contributed by atoms with E-state index >= 15 is 0 Å². The summed E-state index contributed by atoms with van der Waals surface area (Å²) in [5.74, 6) is 2.25. The van der Waals surface area contributed by atoms with E-state index in [-0.39, 0.29) is 0 Å². The Balaban J connectivity index is 2.47. The lowest BCUT2D eigenvalue weighted by Gasteiger charge is -2.26. The molecule has 1 aliphatic rings. The molecule has 0 fully saturated rings. The fourth-order valence-corrected chi connectivity index (χ4v) is 3.46. The number of hydrogen-bond acceptors (Lipinski definition) is 2. The molecule has 1 rings (SSSR count). The maximum Gasteiger partial charge on any atom is 0.241 e. The molecule has 0 aliphatic heterocycles. The lowest BCUT2D eigenvalue weighted by molar-refractivity contribution is 0.375. The molecule has 0 atom stereocenters. The van der Waals surface area contributed by atoms with Crippen LogP contribution in [0.15, 0.2) is 23.7 Å². The van der Waals surface area contributed by atoms with Crippen molar-refractivity contribution >= 4 is 16.6 Å². The van der Waals surface area contributed by atoms with Gasteiger partial charge in [-0.05, 0) is 51.4 Å². The van der Waals surface area contributed by atoms with Gasteiger partial charge in [0.2, 0.25) is 16.6 Å². The summed E-state index contributed by atoms with van der Waals surface area (Å²) >= 11 is 0. The Morgan fingerprint density at radius 2 is 1.06 bits per heavy atom. The molecule has 0 aromatic carbocycles. The largest absolute Gasteiger partial charge is 0.547 e. The van der Waals surface area contributed by atoms with Gasteiger partial charge in [0, 0.05) is 12.8 Å². The van der Waals surface area contributed by atoms with Crippen LogP contribution in [0.5, 0.6) is 0 Å². The van der Waals surface area contributed by atoms with Crippen molar-refractivity contribution in [3.8, 4) is 0 Å². The molecule has 92 valence electrons. The minimum absolute atomic E-state index is 0.893. The van der Waals surface area contributed by atoms with Crippen molar-refractivity contribution in [2.45, 2.75) is 52.1 Å². The highest BCUT2D eigenvalue weighted by molar-refractivity contribution is 6.70. The van der Waals surface area contributed by atoms with Crippen LogP contribution in [0.2, 0.25) is 39.3 Å². The van der Waals surface area contributed by atoms with Gasteiger partial charge in [-0.2, -0.15) is 0 Å². The van der Waals surface area contributed by atoms with E-state index in [1.165, 1.54) is 0 Å². The third-order valence-corrected chi connectivity index (χ3v) is 3.69. The van der Waals surface area contributed by atoms with E-state index in [1.807, 2.05) is 0 Å². The first-order valence-corrected chi connectivity index (χ1v) is 12.7. The van der Waals surface area contributed by atoms with Gasteiger partial charge in [0.05, 0.1) is 11.5 Å². The van der Waals surface area contributed by atoms with Gasteiger partial charge in [0.1, 0.15) is 0 Å². The van der Waals surface area contributed by atoms with Crippen LogP contribution in [0.4, 0.5) is 0 Å². The molecule has 0 amide bonds. The second-order valence-electron chi connectivity index (χ2n) is 6.18. The molecule has 0 aromatic rings. The second kappa shape index (κ2) is 4.79. The van der Waals surface area contributed by atoms with E-state index < -0.39 is 16.6 Å². The van der Waals surface area contributed by atoms with Crippen LogP contribution in [-0.4, -0.2) is 16.6 Å². The first-order valence-electron chi connectivity index (χ1n) is 5.92. The van der Waals surface area contributed by atoms with E-state index in [9.17, 15) is 0 Å². The molecule has 4 heteroatoms. The van der Waals surface area contributed by atoms with E-state index in [0.717, 1.165) is 24.4 Å². The van der Waals surface area contributed by atoms with E-state index in [0.29, 0.717) is 0 Å². The van der Waals surface area contributed by atoms with Crippen molar-refractivity contribution in [1.29, 1.82) is 0 Å². The molecule has 0 aromatic heterocycles. The van der Waals surface area contributed by atoms with E-state index in [4.69, 9.17) is 8.85 Å². The summed E-state index contributed by atoms with van der Waals surface area (Å²) in [6.07, 6.45) is 6.13. The third kappa shape index (κ3) is 5.56. The maximum absolute atomic E-state index is 5.97. The highest BCUT2D eigenvalue weighted by Crippen LogP contribution is 2.24. The SMILES string of the molecule is C[Si](C)(C)OC1=CCC(O[Si](C)(C)C)=CC1. The van der Waals surface area contributed by atoms with Crippen molar-refractivity contribution in [2.24, 2.45) is 0 Å². The second-order valence-corrected chi connectivity index (χ2v) is 15.0. The molecule has 16 heavy (non-hydrogen) atoms. The molecule has 0 heterocycles. The zero-order chi connectivity index (χ0) is 12.4. The van der Waals surface area contributed by atoms with Crippen molar-refractivity contribution in [2.75, 3.05) is 0 Å². The summed E-state index contributed by atoms with van der Waals surface area (Å²) in [5.41, 5.74) is 0. The predicted molar refractivity (Wildman–Crippen MR) is 74.3 cm³/mol. The summed E-state index contributed by atoms with van der Waals surface area (Å²) in [7, 11) is -2.89. The Morgan fingerprint density at radius 1 is 0.750 bits per heavy atom. The summed E-state index contributed by atoms with van der Waals surface area (Å²) in [6.45, 7) is 13.3. The fraction of sp³-hybridized carbons (Fsp3) is 0.667. The standard InChI is InChI=1S/C12H24O2Si2/c1-15(2,3)13-11-7-9-12(10-8-11)14-16(4,5)6/h7,10H,8-9H2,1-6H3. The molecule has 0 spiro atoms. The van der Waals surface area contributed by atoms with Crippen LogP contribution in [0.25, 0.3) is 0 Å². The van der Waals surface area contributed by atoms with Crippen LogP contribution in [0.3, 0.4) is 0 Å². The van der Waals surface area contributed by atoms with Gasteiger partial charge < -0.3 is 8.85 Å². The molecule has 0 saturated carbocycles. The zero-order valence-corrected chi connectivity index (χ0v) is 13.4. The summed E-state index contributed by atoms with van der Waals surface area (Å²) in [4.78, 5) is 0. The number of allylic oxidation sites excluding steroid dienone is 2. The molecule has 0 unspecified atom stereocenters. The number of rotatable bonds is 4. The lowest BCUT2D eigenvalue weighted by Crippen LogP contribution is -2.27. The molecule has 1 aliphatic carbocycles. The van der Waals surface area contributed by atoms with Gasteiger partial charge >= 0.3 is 0 Å². The molecular weight excluding hydrogens is 232 g/mol. The third-order valence-electron chi connectivity index (χ3n) is 1.94. The highest BCUT2D eigenvalue weighted by atomic mass is 28.4. The molecule has 0 radical (unpaired) electrons. The van der Waals surface area contributed by atoms with E-state index in [2.05, 4.69) is 51.4 Å². The van der Waals surface area contributed by atoms with Crippen molar-refractivity contribution in [1.82, 2.24) is 0 Å². The predicted octanol–water partition coefficient (Wildman–Crippen LogP) is 4.25. The maximum atomic E-state index is 5.97. The molecule has 0 saturated heterocycles. The minimum atomic E-state index is -1.44.